The number of pyridine rings is 1. The molecule has 4 aromatic rings. The highest BCUT2D eigenvalue weighted by atomic mass is 16.6. The maximum Gasteiger partial charge on any atom is 0.270 e. The van der Waals surface area contributed by atoms with Gasteiger partial charge >= 0.3 is 0 Å². The largest absolute Gasteiger partial charge is 0.364 e. The van der Waals surface area contributed by atoms with Crippen molar-refractivity contribution in [3.63, 3.8) is 0 Å². The average molecular weight is 489 g/mol. The monoisotopic (exact) mass is 488 g/mol. The molecule has 0 saturated heterocycles. The maximum absolute atomic E-state index is 11.1. The summed E-state index contributed by atoms with van der Waals surface area (Å²) in [5, 5.41) is 45.4. The lowest BCUT2D eigenvalue weighted by atomic mass is 10.1. The molecular weight excluding hydrogens is 468 g/mol. The highest BCUT2D eigenvalue weighted by Crippen LogP contribution is 2.36. The Kier molecular flexibility index (Phi) is 7.43. The van der Waals surface area contributed by atoms with Crippen molar-refractivity contribution in [2.75, 3.05) is 10.6 Å². The number of anilines is 3. The maximum atomic E-state index is 11.1. The summed E-state index contributed by atoms with van der Waals surface area (Å²) in [4.78, 5) is 15.1. The SMILES string of the molecule is Cc1c(C#N)c(Nc2ccccc2)nc(NCc2ccccc2)c1/N=N/c1ccc([N+](=O)[O-])cc1C#N. The van der Waals surface area contributed by atoms with Crippen molar-refractivity contribution in [2.24, 2.45) is 10.2 Å². The van der Waals surface area contributed by atoms with E-state index in [1.807, 2.05) is 66.7 Å². The summed E-state index contributed by atoms with van der Waals surface area (Å²) in [5.74, 6) is 0.733. The van der Waals surface area contributed by atoms with Crippen molar-refractivity contribution in [3.05, 3.63) is 111 Å². The smallest absolute Gasteiger partial charge is 0.270 e. The first kappa shape index (κ1) is 24.5. The van der Waals surface area contributed by atoms with Crippen molar-refractivity contribution < 1.29 is 4.92 Å². The van der Waals surface area contributed by atoms with Crippen LogP contribution < -0.4 is 10.6 Å². The van der Waals surface area contributed by atoms with Gasteiger partial charge in [0.25, 0.3) is 5.69 Å². The Balaban J connectivity index is 1.78. The Labute approximate surface area is 212 Å². The molecule has 180 valence electrons. The number of hydrogen-bond donors (Lipinski definition) is 2. The number of hydrogen-bond acceptors (Lipinski definition) is 9. The van der Waals surface area contributed by atoms with Crippen molar-refractivity contribution in [3.8, 4) is 12.1 Å². The number of nitrogens with one attached hydrogen (secondary N) is 2. The minimum atomic E-state index is -0.584. The van der Waals surface area contributed by atoms with Crippen molar-refractivity contribution >= 4 is 34.4 Å². The summed E-state index contributed by atoms with van der Waals surface area (Å²) >= 11 is 0. The molecule has 0 aliphatic rings. The van der Waals surface area contributed by atoms with E-state index in [0.717, 1.165) is 17.3 Å². The van der Waals surface area contributed by atoms with Gasteiger partial charge in [0.1, 0.15) is 23.5 Å². The number of nitrogens with zero attached hydrogens (tertiary/aromatic N) is 6. The van der Waals surface area contributed by atoms with Crippen molar-refractivity contribution in [1.82, 2.24) is 4.98 Å². The van der Waals surface area contributed by atoms with Gasteiger partial charge in [-0.25, -0.2) is 4.98 Å². The molecule has 0 amide bonds. The molecule has 4 rings (SSSR count). The van der Waals surface area contributed by atoms with Crippen LogP contribution in [0.1, 0.15) is 22.3 Å². The molecule has 37 heavy (non-hydrogen) atoms. The van der Waals surface area contributed by atoms with Gasteiger partial charge in [0, 0.05) is 29.9 Å². The number of azo groups is 1. The van der Waals surface area contributed by atoms with Gasteiger partial charge in [-0.3, -0.25) is 10.1 Å². The summed E-state index contributed by atoms with van der Waals surface area (Å²) < 4.78 is 0. The van der Waals surface area contributed by atoms with Crippen LogP contribution in [0.3, 0.4) is 0 Å². The number of non-ortho nitro benzene ring substituents is 1. The van der Waals surface area contributed by atoms with Crippen LogP contribution in [0.5, 0.6) is 0 Å². The summed E-state index contributed by atoms with van der Waals surface area (Å²) in [6, 6.07) is 26.9. The molecule has 10 nitrogen and oxygen atoms in total. The Morgan fingerprint density at radius 2 is 1.65 bits per heavy atom. The number of para-hydroxylation sites is 1. The molecule has 0 bridgehead atoms. The summed E-state index contributed by atoms with van der Waals surface area (Å²) in [6.07, 6.45) is 0. The molecule has 2 N–H and O–H groups in total. The third-order valence-corrected chi connectivity index (χ3v) is 5.44. The molecule has 1 aromatic heterocycles. The van der Waals surface area contributed by atoms with Crippen LogP contribution in [0, 0.1) is 39.7 Å². The molecule has 3 aromatic carbocycles. The normalized spacial score (nSPS) is 10.5. The number of rotatable bonds is 8. The number of nitriles is 2. The van der Waals surface area contributed by atoms with E-state index in [4.69, 9.17) is 0 Å². The molecule has 0 saturated carbocycles. The second-order valence-electron chi connectivity index (χ2n) is 7.87. The molecule has 10 heteroatoms. The molecular formula is C27H20N8O2. The van der Waals surface area contributed by atoms with E-state index in [2.05, 4.69) is 31.9 Å². The summed E-state index contributed by atoms with van der Waals surface area (Å²) in [6.45, 7) is 2.17. The zero-order chi connectivity index (χ0) is 26.2. The van der Waals surface area contributed by atoms with E-state index in [0.29, 0.717) is 29.4 Å². The van der Waals surface area contributed by atoms with Gasteiger partial charge in [-0.2, -0.15) is 10.5 Å². The predicted octanol–water partition coefficient (Wildman–Crippen LogP) is 6.81. The Bertz CT molecular complexity index is 1560. The van der Waals surface area contributed by atoms with Crippen LogP contribution in [0.2, 0.25) is 0 Å². The lowest BCUT2D eigenvalue weighted by Gasteiger charge is -2.16. The Morgan fingerprint density at radius 3 is 2.30 bits per heavy atom. The van der Waals surface area contributed by atoms with E-state index in [9.17, 15) is 20.6 Å². The molecule has 0 fully saturated rings. The number of aromatic nitrogens is 1. The fourth-order valence-electron chi connectivity index (χ4n) is 3.53. The molecule has 0 radical (unpaired) electrons. The highest BCUT2D eigenvalue weighted by Gasteiger charge is 2.18. The van der Waals surface area contributed by atoms with Gasteiger partial charge in [0.2, 0.25) is 0 Å². The van der Waals surface area contributed by atoms with E-state index in [1.165, 1.54) is 12.1 Å². The van der Waals surface area contributed by atoms with Gasteiger partial charge < -0.3 is 10.6 Å². The van der Waals surface area contributed by atoms with Crippen LogP contribution in [0.15, 0.2) is 89.1 Å². The zero-order valence-electron chi connectivity index (χ0n) is 19.7. The Morgan fingerprint density at radius 1 is 0.946 bits per heavy atom. The summed E-state index contributed by atoms with van der Waals surface area (Å²) in [5.41, 5.74) is 2.84. The van der Waals surface area contributed by atoms with Gasteiger partial charge in [0.05, 0.1) is 16.1 Å². The van der Waals surface area contributed by atoms with Gasteiger partial charge in [-0.05, 0) is 30.7 Å². The van der Waals surface area contributed by atoms with Crippen LogP contribution >= 0.6 is 0 Å². The van der Waals surface area contributed by atoms with Crippen LogP contribution in [-0.2, 0) is 6.54 Å². The van der Waals surface area contributed by atoms with Gasteiger partial charge in [0.15, 0.2) is 11.6 Å². The van der Waals surface area contributed by atoms with E-state index >= 15 is 0 Å². The quantitative estimate of drug-likeness (QED) is 0.157. The Hall–Kier alpha value is -5.61. The fraction of sp³-hybridized carbons (Fsp3) is 0.0741. The van der Waals surface area contributed by atoms with E-state index < -0.39 is 4.92 Å². The van der Waals surface area contributed by atoms with Crippen LogP contribution in [0.4, 0.5) is 34.4 Å². The third kappa shape index (κ3) is 5.73. The van der Waals surface area contributed by atoms with E-state index in [-0.39, 0.29) is 22.5 Å². The first-order valence-corrected chi connectivity index (χ1v) is 11.1. The predicted molar refractivity (Wildman–Crippen MR) is 139 cm³/mol. The second kappa shape index (κ2) is 11.2. The van der Waals surface area contributed by atoms with Crippen molar-refractivity contribution in [1.29, 1.82) is 10.5 Å². The lowest BCUT2D eigenvalue weighted by Crippen LogP contribution is -2.07. The zero-order valence-corrected chi connectivity index (χ0v) is 19.7. The van der Waals surface area contributed by atoms with Crippen LogP contribution in [0.25, 0.3) is 0 Å². The molecule has 0 aliphatic heterocycles. The van der Waals surface area contributed by atoms with E-state index in [1.54, 1.807) is 6.92 Å². The number of benzene rings is 3. The van der Waals surface area contributed by atoms with Gasteiger partial charge in [-0.15, -0.1) is 10.2 Å². The van der Waals surface area contributed by atoms with Crippen molar-refractivity contribution in [2.45, 2.75) is 13.5 Å². The van der Waals surface area contributed by atoms with Crippen LogP contribution in [-0.4, -0.2) is 9.91 Å². The average Bonchev–Trinajstić information content (AvgIpc) is 2.92. The topological polar surface area (TPSA) is 152 Å². The van der Waals surface area contributed by atoms with Gasteiger partial charge in [-0.1, -0.05) is 48.5 Å². The number of nitro groups is 1. The first-order chi connectivity index (χ1) is 18.0. The number of nitro benzene ring substituents is 1. The second-order valence-corrected chi connectivity index (χ2v) is 7.87. The minimum Gasteiger partial charge on any atom is -0.364 e. The molecule has 1 heterocycles. The minimum absolute atomic E-state index is 0.00484. The summed E-state index contributed by atoms with van der Waals surface area (Å²) in [7, 11) is 0. The fourth-order valence-corrected chi connectivity index (χ4v) is 3.53. The molecule has 0 spiro atoms. The molecule has 0 atom stereocenters. The first-order valence-electron chi connectivity index (χ1n) is 11.1. The molecule has 0 unspecified atom stereocenters. The third-order valence-electron chi connectivity index (χ3n) is 5.44. The highest BCUT2D eigenvalue weighted by molar-refractivity contribution is 5.76. The lowest BCUT2D eigenvalue weighted by molar-refractivity contribution is -0.384. The standard InChI is InChI=1S/C27H20N8O2/c1-18-23(16-29)26(31-21-10-6-3-7-11-21)32-27(30-17-19-8-4-2-5-9-19)25(18)34-33-24-13-12-22(35(36)37)14-20(24)15-28/h2-14H,17H2,1H3,(H2,30,31,32)/b34-33+. The molecule has 0 aliphatic carbocycles.